The fraction of sp³-hybridized carbons (Fsp3) is 0.385. The second-order valence-electron chi connectivity index (χ2n) is 3.85. The van der Waals surface area contributed by atoms with Crippen molar-refractivity contribution in [3.05, 3.63) is 23.8 Å². The average Bonchev–Trinajstić information content (AvgIpc) is 2.39. The molecule has 1 rings (SSSR count). The number of hydrogen-bond acceptors (Lipinski definition) is 4. The highest BCUT2D eigenvalue weighted by Crippen LogP contribution is 2.27. The van der Waals surface area contributed by atoms with Gasteiger partial charge in [-0.25, -0.2) is 10.2 Å². The van der Waals surface area contributed by atoms with E-state index >= 15 is 0 Å². The van der Waals surface area contributed by atoms with Gasteiger partial charge in [-0.05, 0) is 30.2 Å². The maximum atomic E-state index is 10.5. The molecule has 1 aromatic rings. The molecule has 0 heterocycles. The van der Waals surface area contributed by atoms with Gasteiger partial charge >= 0.3 is 6.03 Å². The van der Waals surface area contributed by atoms with Gasteiger partial charge in [0, 0.05) is 0 Å². The number of ether oxygens (including phenoxy) is 2. The molecule has 19 heavy (non-hydrogen) atoms. The van der Waals surface area contributed by atoms with Gasteiger partial charge < -0.3 is 15.2 Å². The third kappa shape index (κ3) is 5.29. The molecule has 0 saturated carbocycles. The lowest BCUT2D eigenvalue weighted by molar-refractivity contribution is 0.249. The fourth-order valence-corrected chi connectivity index (χ4v) is 1.38. The quantitative estimate of drug-likeness (QED) is 0.448. The summed E-state index contributed by atoms with van der Waals surface area (Å²) in [5.74, 6) is 1.31. The van der Waals surface area contributed by atoms with Gasteiger partial charge in [-0.2, -0.15) is 5.10 Å². The van der Waals surface area contributed by atoms with E-state index in [9.17, 15) is 4.79 Å². The number of carbonyl (C=O) groups excluding carboxylic acids is 1. The Morgan fingerprint density at radius 3 is 2.89 bits per heavy atom. The number of benzene rings is 1. The lowest BCUT2D eigenvalue weighted by Crippen LogP contribution is -2.24. The molecule has 0 atom stereocenters. The van der Waals surface area contributed by atoms with Crippen molar-refractivity contribution in [2.75, 3.05) is 13.7 Å². The van der Waals surface area contributed by atoms with Gasteiger partial charge in [0.1, 0.15) is 0 Å². The second-order valence-corrected chi connectivity index (χ2v) is 3.85. The van der Waals surface area contributed by atoms with Crippen molar-refractivity contribution < 1.29 is 14.3 Å². The van der Waals surface area contributed by atoms with Crippen LogP contribution in [0.3, 0.4) is 0 Å². The maximum absolute atomic E-state index is 10.5. The number of nitrogens with zero attached hydrogens (tertiary/aromatic N) is 1. The van der Waals surface area contributed by atoms with E-state index in [4.69, 9.17) is 15.2 Å². The Labute approximate surface area is 112 Å². The summed E-state index contributed by atoms with van der Waals surface area (Å²) in [5.41, 5.74) is 7.81. The zero-order valence-electron chi connectivity index (χ0n) is 11.2. The number of amides is 2. The highest BCUT2D eigenvalue weighted by atomic mass is 16.5. The van der Waals surface area contributed by atoms with Crippen molar-refractivity contribution in [2.24, 2.45) is 10.8 Å². The number of urea groups is 1. The molecule has 0 aliphatic rings. The van der Waals surface area contributed by atoms with E-state index in [-0.39, 0.29) is 0 Å². The van der Waals surface area contributed by atoms with Gasteiger partial charge in [0.25, 0.3) is 0 Å². The van der Waals surface area contributed by atoms with Crippen molar-refractivity contribution >= 4 is 12.2 Å². The van der Waals surface area contributed by atoms with Crippen LogP contribution in [0.1, 0.15) is 25.3 Å². The topological polar surface area (TPSA) is 85.9 Å². The van der Waals surface area contributed by atoms with Crippen molar-refractivity contribution in [2.45, 2.75) is 19.8 Å². The van der Waals surface area contributed by atoms with Crippen LogP contribution in [0.2, 0.25) is 0 Å². The zero-order chi connectivity index (χ0) is 14.1. The highest BCUT2D eigenvalue weighted by molar-refractivity contribution is 5.82. The summed E-state index contributed by atoms with van der Waals surface area (Å²) in [6, 6.07) is 4.68. The normalized spacial score (nSPS) is 10.4. The van der Waals surface area contributed by atoms with E-state index in [1.165, 1.54) is 6.21 Å². The van der Waals surface area contributed by atoms with Crippen LogP contribution < -0.4 is 20.6 Å². The molecule has 0 unspecified atom stereocenters. The first-order valence-corrected chi connectivity index (χ1v) is 6.06. The second kappa shape index (κ2) is 7.97. The largest absolute Gasteiger partial charge is 0.493 e. The molecular formula is C13H19N3O3. The minimum Gasteiger partial charge on any atom is -0.493 e. The first-order chi connectivity index (χ1) is 9.17. The molecule has 6 nitrogen and oxygen atoms in total. The molecule has 0 saturated heterocycles. The zero-order valence-corrected chi connectivity index (χ0v) is 11.2. The Morgan fingerprint density at radius 2 is 2.26 bits per heavy atom. The van der Waals surface area contributed by atoms with Crippen LogP contribution in [-0.4, -0.2) is 26.0 Å². The molecule has 0 aromatic heterocycles. The van der Waals surface area contributed by atoms with Gasteiger partial charge in [0.15, 0.2) is 11.5 Å². The number of unbranched alkanes of at least 4 members (excludes halogenated alkanes) is 1. The summed E-state index contributed by atoms with van der Waals surface area (Å²) >= 11 is 0. The third-order valence-electron chi connectivity index (χ3n) is 2.33. The standard InChI is InChI=1S/C13H19N3O3/c1-3-4-7-19-12-8-10(5-6-11(12)18-2)9-15-16-13(14)17/h5-6,8-9H,3-4,7H2,1-2H3,(H3,14,16,17). The molecular weight excluding hydrogens is 246 g/mol. The van der Waals surface area contributed by atoms with Crippen molar-refractivity contribution in [1.82, 2.24) is 5.43 Å². The van der Waals surface area contributed by atoms with E-state index in [0.717, 1.165) is 18.4 Å². The van der Waals surface area contributed by atoms with E-state index in [0.29, 0.717) is 18.1 Å². The number of rotatable bonds is 7. The van der Waals surface area contributed by atoms with Gasteiger partial charge in [-0.3, -0.25) is 0 Å². The smallest absolute Gasteiger partial charge is 0.332 e. The molecule has 0 aliphatic carbocycles. The predicted octanol–water partition coefficient (Wildman–Crippen LogP) is 1.88. The molecule has 6 heteroatoms. The molecule has 0 spiro atoms. The number of nitrogens with one attached hydrogen (secondary N) is 1. The molecule has 0 aliphatic heterocycles. The lowest BCUT2D eigenvalue weighted by atomic mass is 10.2. The van der Waals surface area contributed by atoms with Gasteiger partial charge in [-0.15, -0.1) is 0 Å². The average molecular weight is 265 g/mol. The van der Waals surface area contributed by atoms with Crippen LogP contribution in [0.15, 0.2) is 23.3 Å². The number of primary amides is 1. The maximum Gasteiger partial charge on any atom is 0.332 e. The molecule has 0 bridgehead atoms. The minimum absolute atomic E-state index is 0.632. The SMILES string of the molecule is CCCCOc1cc(C=NNC(N)=O)ccc1OC. The summed E-state index contributed by atoms with van der Waals surface area (Å²) in [6.45, 7) is 2.73. The van der Waals surface area contributed by atoms with Gasteiger partial charge in [0.2, 0.25) is 0 Å². The van der Waals surface area contributed by atoms with Crippen LogP contribution in [0.5, 0.6) is 11.5 Å². The highest BCUT2D eigenvalue weighted by Gasteiger charge is 2.04. The molecule has 2 amide bonds. The molecule has 0 radical (unpaired) electrons. The molecule has 3 N–H and O–H groups in total. The minimum atomic E-state index is -0.704. The number of carbonyl (C=O) groups is 1. The van der Waals surface area contributed by atoms with E-state index in [2.05, 4.69) is 17.5 Å². The Morgan fingerprint density at radius 1 is 1.47 bits per heavy atom. The monoisotopic (exact) mass is 265 g/mol. The van der Waals surface area contributed by atoms with E-state index in [1.54, 1.807) is 25.3 Å². The first kappa shape index (κ1) is 14.8. The van der Waals surface area contributed by atoms with Crippen LogP contribution in [0.4, 0.5) is 4.79 Å². The Bertz CT molecular complexity index is 447. The molecule has 104 valence electrons. The third-order valence-corrected chi connectivity index (χ3v) is 2.33. The molecule has 0 fully saturated rings. The van der Waals surface area contributed by atoms with Crippen molar-refractivity contribution in [3.8, 4) is 11.5 Å². The number of hydrazone groups is 1. The summed E-state index contributed by atoms with van der Waals surface area (Å²) in [6.07, 6.45) is 3.52. The van der Waals surface area contributed by atoms with Crippen LogP contribution in [0, 0.1) is 0 Å². The summed E-state index contributed by atoms with van der Waals surface area (Å²) in [7, 11) is 1.59. The Hall–Kier alpha value is -2.24. The number of methoxy groups -OCH3 is 1. The number of nitrogens with two attached hydrogens (primary N) is 1. The van der Waals surface area contributed by atoms with E-state index < -0.39 is 6.03 Å². The van der Waals surface area contributed by atoms with Crippen LogP contribution in [0.25, 0.3) is 0 Å². The summed E-state index contributed by atoms with van der Waals surface area (Å²) < 4.78 is 10.9. The lowest BCUT2D eigenvalue weighted by Gasteiger charge is -2.10. The van der Waals surface area contributed by atoms with Crippen molar-refractivity contribution in [1.29, 1.82) is 0 Å². The van der Waals surface area contributed by atoms with Gasteiger partial charge in [-0.1, -0.05) is 13.3 Å². The Kier molecular flexibility index (Phi) is 6.21. The predicted molar refractivity (Wildman–Crippen MR) is 73.7 cm³/mol. The number of hydrogen-bond donors (Lipinski definition) is 2. The van der Waals surface area contributed by atoms with E-state index in [1.807, 2.05) is 0 Å². The summed E-state index contributed by atoms with van der Waals surface area (Å²) in [5, 5.41) is 3.69. The Balaban J connectivity index is 2.76. The first-order valence-electron chi connectivity index (χ1n) is 6.06. The summed E-state index contributed by atoms with van der Waals surface area (Å²) in [4.78, 5) is 10.5. The fourth-order valence-electron chi connectivity index (χ4n) is 1.38. The van der Waals surface area contributed by atoms with Crippen molar-refractivity contribution in [3.63, 3.8) is 0 Å². The molecule has 1 aromatic carbocycles. The van der Waals surface area contributed by atoms with Crippen LogP contribution >= 0.6 is 0 Å². The van der Waals surface area contributed by atoms with Crippen LogP contribution in [-0.2, 0) is 0 Å². The van der Waals surface area contributed by atoms with Gasteiger partial charge in [0.05, 0.1) is 19.9 Å².